The standard InChI is InChI=1S/C14H11N3O2/c18-14(19)13-8-17(9-16-13)7-10-3-4-12-11(6-10)2-1-5-15-12/h1-6,8-9H,7H2,(H,18,19). The number of rotatable bonds is 3. The molecule has 0 bridgehead atoms. The van der Waals surface area contributed by atoms with Crippen molar-refractivity contribution >= 4 is 16.9 Å². The van der Waals surface area contributed by atoms with Gasteiger partial charge in [-0.2, -0.15) is 0 Å². The number of carbonyl (C=O) groups is 1. The molecule has 0 saturated carbocycles. The zero-order valence-electron chi connectivity index (χ0n) is 10.0. The average Bonchev–Trinajstić information content (AvgIpc) is 2.87. The summed E-state index contributed by atoms with van der Waals surface area (Å²) in [6.07, 6.45) is 4.81. The van der Waals surface area contributed by atoms with E-state index in [1.54, 1.807) is 10.8 Å². The summed E-state index contributed by atoms with van der Waals surface area (Å²) in [6.45, 7) is 0.588. The number of fused-ring (bicyclic) bond motifs is 1. The van der Waals surface area contributed by atoms with Crippen LogP contribution in [-0.2, 0) is 6.54 Å². The zero-order valence-corrected chi connectivity index (χ0v) is 10.0. The van der Waals surface area contributed by atoms with Crippen molar-refractivity contribution in [2.45, 2.75) is 6.54 Å². The number of aromatic nitrogens is 3. The highest BCUT2D eigenvalue weighted by Crippen LogP contribution is 2.14. The van der Waals surface area contributed by atoms with Crippen LogP contribution in [0.3, 0.4) is 0 Å². The van der Waals surface area contributed by atoms with Crippen LogP contribution in [0.1, 0.15) is 16.1 Å². The lowest BCUT2D eigenvalue weighted by Crippen LogP contribution is -1.98. The number of nitrogens with zero attached hydrogens (tertiary/aromatic N) is 3. The Morgan fingerprint density at radius 2 is 2.16 bits per heavy atom. The normalized spacial score (nSPS) is 10.7. The maximum absolute atomic E-state index is 10.8. The second-order valence-electron chi connectivity index (χ2n) is 4.27. The molecule has 0 amide bonds. The molecule has 0 aliphatic rings. The molecule has 0 atom stereocenters. The van der Waals surface area contributed by atoms with Crippen LogP contribution in [0.15, 0.2) is 49.1 Å². The van der Waals surface area contributed by atoms with Gasteiger partial charge in [0.05, 0.1) is 11.8 Å². The lowest BCUT2D eigenvalue weighted by molar-refractivity contribution is 0.0691. The summed E-state index contributed by atoms with van der Waals surface area (Å²) in [6, 6.07) is 9.88. The van der Waals surface area contributed by atoms with E-state index in [2.05, 4.69) is 9.97 Å². The fourth-order valence-electron chi connectivity index (χ4n) is 1.99. The molecule has 2 aromatic heterocycles. The molecule has 3 rings (SSSR count). The summed E-state index contributed by atoms with van der Waals surface area (Å²) < 4.78 is 1.75. The van der Waals surface area contributed by atoms with Crippen molar-refractivity contribution in [3.8, 4) is 0 Å². The topological polar surface area (TPSA) is 68.0 Å². The van der Waals surface area contributed by atoms with E-state index in [1.807, 2.05) is 30.3 Å². The molecular formula is C14H11N3O2. The first-order valence-corrected chi connectivity index (χ1v) is 5.81. The Kier molecular flexibility index (Phi) is 2.72. The number of carboxylic acid groups (broad SMARTS) is 1. The molecule has 0 saturated heterocycles. The molecule has 5 nitrogen and oxygen atoms in total. The first kappa shape index (κ1) is 11.4. The highest BCUT2D eigenvalue weighted by Gasteiger charge is 2.06. The van der Waals surface area contributed by atoms with Crippen LogP contribution < -0.4 is 0 Å². The molecular weight excluding hydrogens is 242 g/mol. The molecule has 5 heteroatoms. The largest absolute Gasteiger partial charge is 0.476 e. The molecule has 19 heavy (non-hydrogen) atoms. The number of aromatic carboxylic acids is 1. The summed E-state index contributed by atoms with van der Waals surface area (Å²) in [5.74, 6) is -1.01. The molecule has 94 valence electrons. The quantitative estimate of drug-likeness (QED) is 0.776. The average molecular weight is 253 g/mol. The Morgan fingerprint density at radius 3 is 2.95 bits per heavy atom. The molecule has 0 fully saturated rings. The van der Waals surface area contributed by atoms with E-state index in [0.29, 0.717) is 6.54 Å². The molecule has 2 heterocycles. The van der Waals surface area contributed by atoms with Crippen LogP contribution in [0, 0.1) is 0 Å². The van der Waals surface area contributed by atoms with Gasteiger partial charge in [-0.1, -0.05) is 12.1 Å². The summed E-state index contributed by atoms with van der Waals surface area (Å²) in [4.78, 5) is 18.8. The maximum Gasteiger partial charge on any atom is 0.356 e. The summed E-state index contributed by atoms with van der Waals surface area (Å²) in [5, 5.41) is 9.89. The third kappa shape index (κ3) is 2.30. The lowest BCUT2D eigenvalue weighted by Gasteiger charge is -2.04. The first-order chi connectivity index (χ1) is 9.22. The molecule has 0 aliphatic heterocycles. The van der Waals surface area contributed by atoms with E-state index in [9.17, 15) is 4.79 Å². The van der Waals surface area contributed by atoms with E-state index in [0.717, 1.165) is 16.5 Å². The third-order valence-corrected chi connectivity index (χ3v) is 2.88. The van der Waals surface area contributed by atoms with Gasteiger partial charge in [0, 0.05) is 24.3 Å². The third-order valence-electron chi connectivity index (χ3n) is 2.88. The van der Waals surface area contributed by atoms with Gasteiger partial charge in [-0.3, -0.25) is 4.98 Å². The van der Waals surface area contributed by atoms with Crippen LogP contribution >= 0.6 is 0 Å². The predicted octanol–water partition coefficient (Wildman–Crippen LogP) is 2.18. The van der Waals surface area contributed by atoms with Crippen LogP contribution in [-0.4, -0.2) is 25.6 Å². The number of benzene rings is 1. The van der Waals surface area contributed by atoms with E-state index in [1.165, 1.54) is 12.5 Å². The highest BCUT2D eigenvalue weighted by molar-refractivity contribution is 5.84. The molecule has 3 aromatic rings. The van der Waals surface area contributed by atoms with Crippen molar-refractivity contribution in [2.24, 2.45) is 0 Å². The minimum atomic E-state index is -1.01. The first-order valence-electron chi connectivity index (χ1n) is 5.81. The Balaban J connectivity index is 1.89. The minimum absolute atomic E-state index is 0.0578. The van der Waals surface area contributed by atoms with Gasteiger partial charge in [-0.25, -0.2) is 9.78 Å². The van der Waals surface area contributed by atoms with Gasteiger partial charge in [-0.15, -0.1) is 0 Å². The SMILES string of the molecule is O=C(O)c1cn(Cc2ccc3ncccc3c2)cn1. The van der Waals surface area contributed by atoms with Crippen molar-refractivity contribution in [1.29, 1.82) is 0 Å². The van der Waals surface area contributed by atoms with Crippen molar-refractivity contribution in [1.82, 2.24) is 14.5 Å². The molecule has 1 N–H and O–H groups in total. The fraction of sp³-hybridized carbons (Fsp3) is 0.0714. The second-order valence-corrected chi connectivity index (χ2v) is 4.27. The number of hydrogen-bond donors (Lipinski definition) is 1. The van der Waals surface area contributed by atoms with E-state index in [-0.39, 0.29) is 5.69 Å². The van der Waals surface area contributed by atoms with E-state index >= 15 is 0 Å². The zero-order chi connectivity index (χ0) is 13.2. The maximum atomic E-state index is 10.8. The smallest absolute Gasteiger partial charge is 0.356 e. The van der Waals surface area contributed by atoms with Crippen molar-refractivity contribution in [3.63, 3.8) is 0 Å². The summed E-state index contributed by atoms with van der Waals surface area (Å²) in [7, 11) is 0. The van der Waals surface area contributed by atoms with Gasteiger partial charge in [-0.05, 0) is 23.8 Å². The summed E-state index contributed by atoms with van der Waals surface area (Å²) in [5.41, 5.74) is 2.08. The van der Waals surface area contributed by atoms with Gasteiger partial charge >= 0.3 is 5.97 Å². The molecule has 0 radical (unpaired) electrons. The Bertz CT molecular complexity index is 749. The van der Waals surface area contributed by atoms with Crippen molar-refractivity contribution in [2.75, 3.05) is 0 Å². The van der Waals surface area contributed by atoms with Gasteiger partial charge in [0.2, 0.25) is 0 Å². The number of imidazole rings is 1. The minimum Gasteiger partial charge on any atom is -0.476 e. The lowest BCUT2D eigenvalue weighted by atomic mass is 10.1. The van der Waals surface area contributed by atoms with Gasteiger partial charge in [0.15, 0.2) is 5.69 Å². The van der Waals surface area contributed by atoms with Crippen molar-refractivity contribution in [3.05, 3.63) is 60.3 Å². The van der Waals surface area contributed by atoms with Crippen LogP contribution in [0.2, 0.25) is 0 Å². The molecule has 0 unspecified atom stereocenters. The number of pyridine rings is 1. The number of hydrogen-bond acceptors (Lipinski definition) is 3. The van der Waals surface area contributed by atoms with Crippen molar-refractivity contribution < 1.29 is 9.90 Å². The molecule has 0 aliphatic carbocycles. The molecule has 1 aromatic carbocycles. The summed E-state index contributed by atoms with van der Waals surface area (Å²) >= 11 is 0. The fourth-order valence-corrected chi connectivity index (χ4v) is 1.99. The van der Waals surface area contributed by atoms with E-state index in [4.69, 9.17) is 5.11 Å². The van der Waals surface area contributed by atoms with Gasteiger partial charge in [0.1, 0.15) is 0 Å². The van der Waals surface area contributed by atoms with Crippen LogP contribution in [0.25, 0.3) is 10.9 Å². The van der Waals surface area contributed by atoms with Crippen LogP contribution in [0.4, 0.5) is 0 Å². The van der Waals surface area contributed by atoms with E-state index < -0.39 is 5.97 Å². The predicted molar refractivity (Wildman–Crippen MR) is 70.0 cm³/mol. The monoisotopic (exact) mass is 253 g/mol. The number of carboxylic acids is 1. The highest BCUT2D eigenvalue weighted by atomic mass is 16.4. The second kappa shape index (κ2) is 4.53. The van der Waals surface area contributed by atoms with Gasteiger partial charge in [0.25, 0.3) is 0 Å². The Hall–Kier alpha value is -2.69. The van der Waals surface area contributed by atoms with Crippen LogP contribution in [0.5, 0.6) is 0 Å². The Morgan fingerprint density at radius 1 is 1.26 bits per heavy atom. The van der Waals surface area contributed by atoms with Gasteiger partial charge < -0.3 is 9.67 Å². The Labute approximate surface area is 109 Å². The molecule has 0 spiro atoms.